The Bertz CT molecular complexity index is 481. The number of amides is 2. The van der Waals surface area contributed by atoms with Crippen LogP contribution in [0.25, 0.3) is 0 Å². The highest BCUT2D eigenvalue weighted by atomic mass is 79.9. The zero-order valence-corrected chi connectivity index (χ0v) is 13.1. The van der Waals surface area contributed by atoms with Gasteiger partial charge in [0.1, 0.15) is 0 Å². The minimum atomic E-state index is -0.297. The number of nitrogens with one attached hydrogen (secondary N) is 1. The molecule has 0 saturated heterocycles. The van der Waals surface area contributed by atoms with Crippen LogP contribution in [-0.2, 0) is 4.79 Å². The Morgan fingerprint density at radius 3 is 2.65 bits per heavy atom. The highest BCUT2D eigenvalue weighted by Gasteiger charge is 2.20. The Morgan fingerprint density at radius 1 is 1.35 bits per heavy atom. The molecule has 1 aromatic heterocycles. The van der Waals surface area contributed by atoms with Gasteiger partial charge >= 0.3 is 0 Å². The minimum absolute atomic E-state index is 0.0493. The van der Waals surface area contributed by atoms with Crippen LogP contribution < -0.4 is 5.32 Å². The normalized spacial score (nSPS) is 15.9. The number of nitrogens with zero attached hydrogens (tertiary/aromatic N) is 1. The van der Waals surface area contributed by atoms with Crippen molar-refractivity contribution in [2.45, 2.75) is 38.1 Å². The molecule has 0 radical (unpaired) electrons. The predicted octanol–water partition coefficient (Wildman–Crippen LogP) is 2.56. The molecule has 0 atom stereocenters. The van der Waals surface area contributed by atoms with Gasteiger partial charge in [-0.2, -0.15) is 0 Å². The van der Waals surface area contributed by atoms with E-state index in [4.69, 9.17) is 4.42 Å². The van der Waals surface area contributed by atoms with Crippen LogP contribution in [0, 0.1) is 0 Å². The van der Waals surface area contributed by atoms with Crippen molar-refractivity contribution in [2.75, 3.05) is 13.6 Å². The summed E-state index contributed by atoms with van der Waals surface area (Å²) < 4.78 is 5.69. The van der Waals surface area contributed by atoms with Crippen molar-refractivity contribution in [2.24, 2.45) is 0 Å². The van der Waals surface area contributed by atoms with Gasteiger partial charge in [-0.15, -0.1) is 0 Å². The van der Waals surface area contributed by atoms with E-state index in [1.807, 2.05) is 0 Å². The second-order valence-corrected chi connectivity index (χ2v) is 5.95. The molecule has 1 aromatic rings. The Hall–Kier alpha value is -1.30. The van der Waals surface area contributed by atoms with E-state index < -0.39 is 0 Å². The maximum absolute atomic E-state index is 12.0. The predicted molar refractivity (Wildman–Crippen MR) is 78.4 cm³/mol. The maximum Gasteiger partial charge on any atom is 0.289 e. The number of carbonyl (C=O) groups excluding carboxylic acids is 2. The standard InChI is InChI=1S/C14H19BrN2O3/c1-17(14(19)11-7-8-12(15)20-11)9-13(18)16-10-5-3-2-4-6-10/h7-8,10H,2-6,9H2,1H3,(H,16,18). The van der Waals surface area contributed by atoms with E-state index in [1.165, 1.54) is 24.2 Å². The topological polar surface area (TPSA) is 62.6 Å². The van der Waals surface area contributed by atoms with Gasteiger partial charge in [-0.05, 0) is 40.9 Å². The first kappa shape index (κ1) is 15.1. The van der Waals surface area contributed by atoms with Gasteiger partial charge in [0.2, 0.25) is 5.91 Å². The zero-order valence-electron chi connectivity index (χ0n) is 11.5. The molecule has 1 fully saturated rings. The fourth-order valence-electron chi connectivity index (χ4n) is 2.42. The van der Waals surface area contributed by atoms with Gasteiger partial charge < -0.3 is 14.6 Å². The summed E-state index contributed by atoms with van der Waals surface area (Å²) in [7, 11) is 1.60. The smallest absolute Gasteiger partial charge is 0.289 e. The van der Waals surface area contributed by atoms with Crippen LogP contribution in [0.15, 0.2) is 21.2 Å². The van der Waals surface area contributed by atoms with Gasteiger partial charge in [0.25, 0.3) is 5.91 Å². The van der Waals surface area contributed by atoms with Crippen molar-refractivity contribution in [3.05, 3.63) is 22.6 Å². The van der Waals surface area contributed by atoms with E-state index in [0.29, 0.717) is 4.67 Å². The number of rotatable bonds is 4. The average molecular weight is 343 g/mol. The summed E-state index contributed by atoms with van der Waals surface area (Å²) >= 11 is 3.15. The average Bonchev–Trinajstić information content (AvgIpc) is 2.85. The molecule has 0 spiro atoms. The van der Waals surface area contributed by atoms with E-state index >= 15 is 0 Å². The van der Waals surface area contributed by atoms with Gasteiger partial charge in [0.05, 0.1) is 6.54 Å². The number of hydrogen-bond acceptors (Lipinski definition) is 3. The molecular formula is C14H19BrN2O3. The summed E-state index contributed by atoms with van der Waals surface area (Å²) in [6, 6.07) is 3.50. The van der Waals surface area contributed by atoms with Crippen molar-refractivity contribution in [1.82, 2.24) is 10.2 Å². The molecule has 5 nitrogen and oxygen atoms in total. The van der Waals surface area contributed by atoms with Crippen molar-refractivity contribution >= 4 is 27.7 Å². The minimum Gasteiger partial charge on any atom is -0.444 e. The Labute approximate surface area is 126 Å². The highest BCUT2D eigenvalue weighted by Crippen LogP contribution is 2.17. The third kappa shape index (κ3) is 4.10. The van der Waals surface area contributed by atoms with Crippen molar-refractivity contribution in [3.63, 3.8) is 0 Å². The van der Waals surface area contributed by atoms with Crippen LogP contribution >= 0.6 is 15.9 Å². The maximum atomic E-state index is 12.0. The third-order valence-corrected chi connectivity index (χ3v) is 3.91. The first-order valence-corrected chi connectivity index (χ1v) is 7.65. The van der Waals surface area contributed by atoms with Crippen molar-refractivity contribution < 1.29 is 14.0 Å². The Morgan fingerprint density at radius 2 is 2.05 bits per heavy atom. The van der Waals surface area contributed by atoms with Gasteiger partial charge in [-0.25, -0.2) is 0 Å². The molecule has 0 aliphatic heterocycles. The van der Waals surface area contributed by atoms with Crippen LogP contribution in [0.1, 0.15) is 42.7 Å². The first-order chi connectivity index (χ1) is 9.56. The first-order valence-electron chi connectivity index (χ1n) is 6.86. The summed E-state index contributed by atoms with van der Waals surface area (Å²) in [5.41, 5.74) is 0. The zero-order chi connectivity index (χ0) is 14.5. The molecule has 20 heavy (non-hydrogen) atoms. The number of halogens is 1. The van der Waals surface area contributed by atoms with Crippen LogP contribution in [-0.4, -0.2) is 36.3 Å². The van der Waals surface area contributed by atoms with E-state index in [1.54, 1.807) is 19.2 Å². The molecule has 6 heteroatoms. The number of carbonyl (C=O) groups is 2. The summed E-state index contributed by atoms with van der Waals surface area (Å²) in [5, 5.41) is 2.99. The molecule has 2 amide bonds. The third-order valence-electron chi connectivity index (χ3n) is 3.48. The van der Waals surface area contributed by atoms with Crippen molar-refractivity contribution in [3.8, 4) is 0 Å². The monoisotopic (exact) mass is 342 g/mol. The fourth-order valence-corrected chi connectivity index (χ4v) is 2.73. The number of furan rings is 1. The van der Waals surface area contributed by atoms with E-state index in [9.17, 15) is 9.59 Å². The Kier molecular flexibility index (Phi) is 5.23. The molecule has 1 heterocycles. The van der Waals surface area contributed by atoms with E-state index in [0.717, 1.165) is 12.8 Å². The van der Waals surface area contributed by atoms with E-state index in [2.05, 4.69) is 21.2 Å². The molecule has 1 aliphatic rings. The summed E-state index contributed by atoms with van der Waals surface area (Å²) in [6.45, 7) is 0.0493. The van der Waals surface area contributed by atoms with Gasteiger partial charge in [-0.1, -0.05) is 19.3 Å². The SMILES string of the molecule is CN(CC(=O)NC1CCCCC1)C(=O)c1ccc(Br)o1. The molecule has 0 unspecified atom stereocenters. The summed E-state index contributed by atoms with van der Waals surface area (Å²) in [5.74, 6) is -0.183. The summed E-state index contributed by atoms with van der Waals surface area (Å²) in [6.07, 6.45) is 5.65. The molecule has 0 bridgehead atoms. The van der Waals surface area contributed by atoms with Crippen LogP contribution in [0.5, 0.6) is 0 Å². The van der Waals surface area contributed by atoms with Crippen LogP contribution in [0.2, 0.25) is 0 Å². The lowest BCUT2D eigenvalue weighted by Gasteiger charge is -2.24. The highest BCUT2D eigenvalue weighted by molar-refractivity contribution is 9.10. The second kappa shape index (κ2) is 6.92. The molecule has 1 N–H and O–H groups in total. The second-order valence-electron chi connectivity index (χ2n) is 5.17. The number of hydrogen-bond donors (Lipinski definition) is 1. The van der Waals surface area contributed by atoms with Gasteiger partial charge in [0, 0.05) is 13.1 Å². The molecule has 0 aromatic carbocycles. The van der Waals surface area contributed by atoms with Crippen molar-refractivity contribution in [1.29, 1.82) is 0 Å². The lowest BCUT2D eigenvalue weighted by atomic mass is 9.95. The molecule has 2 rings (SSSR count). The van der Waals surface area contributed by atoms with Crippen LogP contribution in [0.3, 0.4) is 0 Å². The molecule has 110 valence electrons. The molecular weight excluding hydrogens is 324 g/mol. The van der Waals surface area contributed by atoms with Gasteiger partial charge in [-0.3, -0.25) is 9.59 Å². The lowest BCUT2D eigenvalue weighted by molar-refractivity contribution is -0.122. The summed E-state index contributed by atoms with van der Waals surface area (Å²) in [4.78, 5) is 25.3. The lowest BCUT2D eigenvalue weighted by Crippen LogP contribution is -2.43. The Balaban J connectivity index is 1.82. The largest absolute Gasteiger partial charge is 0.444 e. The molecule has 1 saturated carbocycles. The fraction of sp³-hybridized carbons (Fsp3) is 0.571. The number of likely N-dealkylation sites (N-methyl/N-ethyl adjacent to an activating group) is 1. The quantitative estimate of drug-likeness (QED) is 0.914. The molecule has 1 aliphatic carbocycles. The van der Waals surface area contributed by atoms with Crippen LogP contribution in [0.4, 0.5) is 0 Å². The van der Waals surface area contributed by atoms with E-state index in [-0.39, 0.29) is 30.2 Å². The van der Waals surface area contributed by atoms with Gasteiger partial charge in [0.15, 0.2) is 10.4 Å².